The van der Waals surface area contributed by atoms with Crippen LogP contribution < -0.4 is 14.2 Å². The van der Waals surface area contributed by atoms with Gasteiger partial charge in [-0.05, 0) is 42.3 Å². The Balaban J connectivity index is 2.17. The molecule has 3 aromatic rings. The van der Waals surface area contributed by atoms with Crippen LogP contribution in [0.4, 0.5) is 0 Å². The van der Waals surface area contributed by atoms with Gasteiger partial charge in [-0.1, -0.05) is 19.4 Å². The van der Waals surface area contributed by atoms with Crippen molar-refractivity contribution in [2.45, 2.75) is 32.6 Å². The predicted molar refractivity (Wildman–Crippen MR) is 139 cm³/mol. The van der Waals surface area contributed by atoms with Crippen molar-refractivity contribution < 1.29 is 33.6 Å². The molecule has 9 nitrogen and oxygen atoms in total. The lowest BCUT2D eigenvalue weighted by molar-refractivity contribution is -0.132. The van der Waals surface area contributed by atoms with Gasteiger partial charge in [-0.3, -0.25) is 4.57 Å². The zero-order valence-electron chi connectivity index (χ0n) is 21.7. The SMILES string of the molecule is CCCCc1ncc(C=C(Cc2ccc(OC)cc2OC)C(=O)O)n1-c1ccc(OC)cc1C(=O)OC. The predicted octanol–water partition coefficient (Wildman–Crippen LogP) is 4.74. The molecule has 1 aromatic heterocycles. The molecule has 3 rings (SSSR count). The molecule has 0 saturated heterocycles. The van der Waals surface area contributed by atoms with Crippen LogP contribution in [0.2, 0.25) is 0 Å². The summed E-state index contributed by atoms with van der Waals surface area (Å²) in [6, 6.07) is 10.3. The summed E-state index contributed by atoms with van der Waals surface area (Å²) in [6.07, 6.45) is 5.75. The van der Waals surface area contributed by atoms with Crippen LogP contribution in [-0.4, -0.2) is 55.0 Å². The first-order valence-electron chi connectivity index (χ1n) is 11.8. The van der Waals surface area contributed by atoms with Crippen LogP contribution in [0.5, 0.6) is 17.2 Å². The molecule has 0 spiro atoms. The quantitative estimate of drug-likeness (QED) is 0.276. The maximum absolute atomic E-state index is 12.7. The summed E-state index contributed by atoms with van der Waals surface area (Å²) in [5.41, 5.74) is 2.13. The van der Waals surface area contributed by atoms with Gasteiger partial charge in [0.1, 0.15) is 23.1 Å². The topological polar surface area (TPSA) is 109 Å². The smallest absolute Gasteiger partial charge is 0.340 e. The normalized spacial score (nSPS) is 11.2. The first-order valence-corrected chi connectivity index (χ1v) is 11.8. The first-order chi connectivity index (χ1) is 17.9. The number of aliphatic carboxylic acids is 1. The molecule has 196 valence electrons. The standard InChI is InChI=1S/C28H32N2O7/c1-6-7-8-26-29-17-20(30(26)24-12-11-21(34-2)15-23(24)28(33)37-5)14-19(27(31)32)13-18-9-10-22(35-3)16-25(18)36-4/h9-12,14-17H,6-8,13H2,1-5H3,(H,31,32). The fourth-order valence-electron chi connectivity index (χ4n) is 3.98. The molecule has 0 radical (unpaired) electrons. The third-order valence-electron chi connectivity index (χ3n) is 5.94. The molecule has 0 aliphatic heterocycles. The third kappa shape index (κ3) is 6.30. The molecule has 0 aliphatic carbocycles. The van der Waals surface area contributed by atoms with E-state index in [1.165, 1.54) is 21.3 Å². The van der Waals surface area contributed by atoms with E-state index in [0.29, 0.717) is 46.4 Å². The number of hydrogen-bond donors (Lipinski definition) is 1. The van der Waals surface area contributed by atoms with Gasteiger partial charge in [0.15, 0.2) is 0 Å². The van der Waals surface area contributed by atoms with Gasteiger partial charge < -0.3 is 24.1 Å². The minimum atomic E-state index is -1.08. The van der Waals surface area contributed by atoms with Gasteiger partial charge in [0, 0.05) is 24.5 Å². The highest BCUT2D eigenvalue weighted by molar-refractivity contribution is 5.95. The van der Waals surface area contributed by atoms with Gasteiger partial charge in [0.05, 0.1) is 51.6 Å². The second-order valence-corrected chi connectivity index (χ2v) is 8.24. The number of carbonyl (C=O) groups is 2. The van der Waals surface area contributed by atoms with Crippen LogP contribution in [0, 0.1) is 0 Å². The van der Waals surface area contributed by atoms with Crippen molar-refractivity contribution in [3.63, 3.8) is 0 Å². The van der Waals surface area contributed by atoms with Crippen LogP contribution in [0.15, 0.2) is 48.2 Å². The molecule has 1 N–H and O–H groups in total. The van der Waals surface area contributed by atoms with Crippen LogP contribution in [0.1, 0.15) is 47.2 Å². The third-order valence-corrected chi connectivity index (χ3v) is 5.94. The second kappa shape index (κ2) is 12.6. The van der Waals surface area contributed by atoms with E-state index >= 15 is 0 Å². The summed E-state index contributed by atoms with van der Waals surface area (Å²) in [5.74, 6) is 0.704. The van der Waals surface area contributed by atoms with E-state index in [4.69, 9.17) is 18.9 Å². The molecule has 0 unspecified atom stereocenters. The Kier molecular flexibility index (Phi) is 9.32. The zero-order chi connectivity index (χ0) is 26.9. The Morgan fingerprint density at radius 3 is 2.32 bits per heavy atom. The summed E-state index contributed by atoms with van der Waals surface area (Å²) >= 11 is 0. The molecule has 0 atom stereocenters. The molecular formula is C28H32N2O7. The zero-order valence-corrected chi connectivity index (χ0v) is 21.7. The van der Waals surface area contributed by atoms with Crippen molar-refractivity contribution in [1.29, 1.82) is 0 Å². The molecule has 1 heterocycles. The van der Waals surface area contributed by atoms with E-state index in [1.807, 2.05) is 0 Å². The summed E-state index contributed by atoms with van der Waals surface area (Å²) in [6.45, 7) is 2.08. The average Bonchev–Trinajstić information content (AvgIpc) is 3.32. The molecule has 0 aliphatic rings. The number of unbranched alkanes of at least 4 members (excludes halogenated alkanes) is 1. The highest BCUT2D eigenvalue weighted by atomic mass is 16.5. The Morgan fingerprint density at radius 1 is 1.00 bits per heavy atom. The number of hydrogen-bond acceptors (Lipinski definition) is 7. The number of aryl methyl sites for hydroxylation is 1. The van der Waals surface area contributed by atoms with Crippen molar-refractivity contribution in [3.8, 4) is 22.9 Å². The molecule has 0 amide bonds. The maximum Gasteiger partial charge on any atom is 0.340 e. The molecule has 2 aromatic carbocycles. The number of carboxylic acids is 1. The fourth-order valence-corrected chi connectivity index (χ4v) is 3.98. The van der Waals surface area contributed by atoms with Crippen LogP contribution in [-0.2, 0) is 22.4 Å². The van der Waals surface area contributed by atoms with E-state index in [9.17, 15) is 14.7 Å². The van der Waals surface area contributed by atoms with Gasteiger partial charge in [-0.25, -0.2) is 14.6 Å². The monoisotopic (exact) mass is 508 g/mol. The highest BCUT2D eigenvalue weighted by Gasteiger charge is 2.21. The van der Waals surface area contributed by atoms with Gasteiger partial charge in [-0.2, -0.15) is 0 Å². The number of methoxy groups -OCH3 is 4. The molecule has 0 saturated carbocycles. The molecule has 0 fully saturated rings. The second-order valence-electron chi connectivity index (χ2n) is 8.24. The van der Waals surface area contributed by atoms with E-state index in [0.717, 1.165) is 12.8 Å². The minimum absolute atomic E-state index is 0.102. The number of carboxylic acid groups (broad SMARTS) is 1. The average molecular weight is 509 g/mol. The Morgan fingerprint density at radius 2 is 1.70 bits per heavy atom. The first kappa shape index (κ1) is 27.3. The Bertz CT molecular complexity index is 1290. The number of ether oxygens (including phenoxy) is 4. The van der Waals surface area contributed by atoms with Gasteiger partial charge in [-0.15, -0.1) is 0 Å². The summed E-state index contributed by atoms with van der Waals surface area (Å²) in [5, 5.41) is 10.1. The summed E-state index contributed by atoms with van der Waals surface area (Å²) < 4.78 is 22.8. The number of imidazole rings is 1. The van der Waals surface area contributed by atoms with Crippen molar-refractivity contribution >= 4 is 18.0 Å². The summed E-state index contributed by atoms with van der Waals surface area (Å²) in [7, 11) is 5.90. The number of benzene rings is 2. The lowest BCUT2D eigenvalue weighted by Gasteiger charge is -2.16. The molecular weight excluding hydrogens is 476 g/mol. The fraction of sp³-hybridized carbons (Fsp3) is 0.321. The number of aromatic nitrogens is 2. The van der Waals surface area contributed by atoms with Gasteiger partial charge in [0.2, 0.25) is 0 Å². The number of nitrogens with zero attached hydrogens (tertiary/aromatic N) is 2. The van der Waals surface area contributed by atoms with Crippen LogP contribution >= 0.6 is 0 Å². The Labute approximate surface area is 216 Å². The van der Waals surface area contributed by atoms with E-state index in [2.05, 4.69) is 11.9 Å². The van der Waals surface area contributed by atoms with Crippen LogP contribution in [0.25, 0.3) is 11.8 Å². The molecule has 9 heteroatoms. The highest BCUT2D eigenvalue weighted by Crippen LogP contribution is 2.29. The van der Waals surface area contributed by atoms with E-state index in [1.54, 1.807) is 60.3 Å². The number of esters is 1. The van der Waals surface area contributed by atoms with Crippen molar-refractivity contribution in [3.05, 3.63) is 70.8 Å². The van der Waals surface area contributed by atoms with Crippen molar-refractivity contribution in [2.24, 2.45) is 0 Å². The van der Waals surface area contributed by atoms with E-state index < -0.39 is 11.9 Å². The van der Waals surface area contributed by atoms with Crippen molar-refractivity contribution in [1.82, 2.24) is 9.55 Å². The van der Waals surface area contributed by atoms with E-state index in [-0.39, 0.29) is 17.6 Å². The Hall–Kier alpha value is -4.27. The molecule has 0 bridgehead atoms. The number of rotatable bonds is 12. The summed E-state index contributed by atoms with van der Waals surface area (Å²) in [4.78, 5) is 29.6. The van der Waals surface area contributed by atoms with Gasteiger partial charge >= 0.3 is 11.9 Å². The lowest BCUT2D eigenvalue weighted by Crippen LogP contribution is -2.12. The maximum atomic E-state index is 12.7. The van der Waals surface area contributed by atoms with Gasteiger partial charge in [0.25, 0.3) is 0 Å². The molecule has 37 heavy (non-hydrogen) atoms. The largest absolute Gasteiger partial charge is 0.497 e. The van der Waals surface area contributed by atoms with Crippen molar-refractivity contribution in [2.75, 3.05) is 28.4 Å². The lowest BCUT2D eigenvalue weighted by atomic mass is 10.0. The van der Waals surface area contributed by atoms with Crippen LogP contribution in [0.3, 0.4) is 0 Å². The minimum Gasteiger partial charge on any atom is -0.497 e. The number of carbonyl (C=O) groups excluding carboxylic acids is 1.